The van der Waals surface area contributed by atoms with Gasteiger partial charge in [0.05, 0.1) is 16.8 Å². The van der Waals surface area contributed by atoms with E-state index >= 15 is 0 Å². The lowest BCUT2D eigenvalue weighted by Gasteiger charge is -2.08. The molecule has 0 bridgehead atoms. The zero-order chi connectivity index (χ0) is 15.6. The number of hydrogen-bond donors (Lipinski definition) is 2. The van der Waals surface area contributed by atoms with Crippen LogP contribution in [0.3, 0.4) is 0 Å². The lowest BCUT2D eigenvalue weighted by atomic mass is 10.2. The number of hydrogen-bond acceptors (Lipinski definition) is 4. The first-order valence-corrected chi connectivity index (χ1v) is 7.29. The molecule has 2 rings (SSSR count). The second-order valence-electron chi connectivity index (χ2n) is 4.34. The van der Waals surface area contributed by atoms with E-state index in [1.54, 1.807) is 0 Å². The first-order valence-electron chi connectivity index (χ1n) is 5.81. The molecular formula is C12H12FN3O4S. The lowest BCUT2D eigenvalue weighted by molar-refractivity contribution is -0.137. The molecular weight excluding hydrogens is 301 g/mol. The summed E-state index contributed by atoms with van der Waals surface area (Å²) in [5.74, 6) is -1.62. The second kappa shape index (κ2) is 5.52. The van der Waals surface area contributed by atoms with Crippen LogP contribution in [0, 0.1) is 12.7 Å². The highest BCUT2D eigenvalue weighted by atomic mass is 32.2. The third kappa shape index (κ3) is 3.57. The number of nitrogens with one attached hydrogen (secondary N) is 1. The van der Waals surface area contributed by atoms with Gasteiger partial charge in [-0.1, -0.05) is 0 Å². The van der Waals surface area contributed by atoms with Crippen LogP contribution in [-0.4, -0.2) is 29.3 Å². The fourth-order valence-electron chi connectivity index (χ4n) is 1.77. The van der Waals surface area contributed by atoms with E-state index in [2.05, 4.69) is 9.82 Å². The number of aromatic nitrogens is 2. The lowest BCUT2D eigenvalue weighted by Crippen LogP contribution is -2.14. The number of aliphatic carboxylic acids is 1. The van der Waals surface area contributed by atoms with Crippen LogP contribution in [0.15, 0.2) is 35.5 Å². The summed E-state index contributed by atoms with van der Waals surface area (Å²) >= 11 is 0. The summed E-state index contributed by atoms with van der Waals surface area (Å²) in [5.41, 5.74) is 0.389. The molecule has 0 spiro atoms. The van der Waals surface area contributed by atoms with Crippen LogP contribution in [0.4, 0.5) is 10.1 Å². The molecule has 0 amide bonds. The molecule has 0 aliphatic carbocycles. The summed E-state index contributed by atoms with van der Waals surface area (Å²) in [4.78, 5) is 10.5. The third-order valence-corrected chi connectivity index (χ3v) is 4.15. The van der Waals surface area contributed by atoms with Gasteiger partial charge in [0.25, 0.3) is 10.0 Å². The highest BCUT2D eigenvalue weighted by molar-refractivity contribution is 7.92. The Morgan fingerprint density at radius 1 is 1.48 bits per heavy atom. The Hall–Kier alpha value is -2.42. The van der Waals surface area contributed by atoms with E-state index < -0.39 is 21.8 Å². The van der Waals surface area contributed by atoms with Crippen molar-refractivity contribution in [1.82, 2.24) is 9.78 Å². The molecule has 0 unspecified atom stereocenters. The molecule has 0 fully saturated rings. The second-order valence-corrected chi connectivity index (χ2v) is 5.99. The van der Waals surface area contributed by atoms with E-state index in [1.807, 2.05) is 0 Å². The molecule has 2 N–H and O–H groups in total. The van der Waals surface area contributed by atoms with Crippen LogP contribution in [0.5, 0.6) is 0 Å². The van der Waals surface area contributed by atoms with Crippen molar-refractivity contribution in [3.63, 3.8) is 0 Å². The highest BCUT2D eigenvalue weighted by Crippen LogP contribution is 2.19. The van der Waals surface area contributed by atoms with Crippen molar-refractivity contribution >= 4 is 21.7 Å². The van der Waals surface area contributed by atoms with Gasteiger partial charge < -0.3 is 5.11 Å². The number of nitrogens with zero attached hydrogens (tertiary/aromatic N) is 2. The molecule has 0 aliphatic heterocycles. The molecule has 0 radical (unpaired) electrons. The van der Waals surface area contributed by atoms with Gasteiger partial charge in [-0.2, -0.15) is 5.10 Å². The molecule has 1 aromatic carbocycles. The molecule has 1 heterocycles. The molecule has 0 saturated carbocycles. The van der Waals surface area contributed by atoms with Crippen molar-refractivity contribution in [3.05, 3.63) is 42.0 Å². The Labute approximate surface area is 120 Å². The van der Waals surface area contributed by atoms with Crippen LogP contribution in [0.25, 0.3) is 0 Å². The van der Waals surface area contributed by atoms with Gasteiger partial charge in [-0.15, -0.1) is 0 Å². The summed E-state index contributed by atoms with van der Waals surface area (Å²) in [5, 5.41) is 12.3. The van der Waals surface area contributed by atoms with Crippen LogP contribution in [0.1, 0.15) is 5.56 Å². The molecule has 112 valence electrons. The predicted molar refractivity (Wildman–Crippen MR) is 71.8 cm³/mol. The molecule has 1 aromatic heterocycles. The first kappa shape index (κ1) is 15.0. The quantitative estimate of drug-likeness (QED) is 0.864. The van der Waals surface area contributed by atoms with Gasteiger partial charge in [0.1, 0.15) is 12.4 Å². The molecule has 9 heteroatoms. The number of benzene rings is 1. The Bertz CT molecular complexity index is 786. The largest absolute Gasteiger partial charge is 0.480 e. The maximum absolute atomic E-state index is 13.0. The average Bonchev–Trinajstić information content (AvgIpc) is 2.73. The van der Waals surface area contributed by atoms with Crippen molar-refractivity contribution in [2.24, 2.45) is 0 Å². The minimum Gasteiger partial charge on any atom is -0.480 e. The highest BCUT2D eigenvalue weighted by Gasteiger charge is 2.18. The van der Waals surface area contributed by atoms with Crippen LogP contribution >= 0.6 is 0 Å². The molecule has 0 atom stereocenters. The van der Waals surface area contributed by atoms with Crippen LogP contribution in [-0.2, 0) is 21.4 Å². The number of rotatable bonds is 5. The topological polar surface area (TPSA) is 101 Å². The number of sulfonamides is 1. The number of aryl methyl sites for hydroxylation is 1. The van der Waals surface area contributed by atoms with E-state index in [9.17, 15) is 17.6 Å². The fraction of sp³-hybridized carbons (Fsp3) is 0.167. The summed E-state index contributed by atoms with van der Waals surface area (Å²) in [7, 11) is -3.89. The van der Waals surface area contributed by atoms with Crippen molar-refractivity contribution < 1.29 is 22.7 Å². The summed E-state index contributed by atoms with van der Waals surface area (Å²) < 4.78 is 40.7. The van der Waals surface area contributed by atoms with Crippen molar-refractivity contribution in [2.75, 3.05) is 4.72 Å². The average molecular weight is 313 g/mol. The number of halogens is 1. The Morgan fingerprint density at radius 2 is 2.19 bits per heavy atom. The third-order valence-electron chi connectivity index (χ3n) is 2.61. The van der Waals surface area contributed by atoms with Crippen LogP contribution in [0.2, 0.25) is 0 Å². The standard InChI is InChI=1S/C12H12FN3O4S/c1-8-4-9(13)2-3-11(8)21(19,20)15-10-5-14-16(6-10)7-12(17)18/h2-6,15H,7H2,1H3,(H,17,18). The van der Waals surface area contributed by atoms with Gasteiger partial charge in [-0.25, -0.2) is 12.8 Å². The summed E-state index contributed by atoms with van der Waals surface area (Å²) in [6, 6.07) is 3.33. The zero-order valence-corrected chi connectivity index (χ0v) is 11.8. The monoisotopic (exact) mass is 313 g/mol. The van der Waals surface area contributed by atoms with Crippen LogP contribution < -0.4 is 4.72 Å². The predicted octanol–water partition coefficient (Wildman–Crippen LogP) is 1.22. The maximum Gasteiger partial charge on any atom is 0.325 e. The Balaban J connectivity index is 2.25. The van der Waals surface area contributed by atoms with E-state index in [4.69, 9.17) is 5.11 Å². The van der Waals surface area contributed by atoms with Crippen molar-refractivity contribution in [2.45, 2.75) is 18.4 Å². The molecule has 7 nitrogen and oxygen atoms in total. The van der Waals surface area contributed by atoms with E-state index in [1.165, 1.54) is 19.3 Å². The molecule has 0 aliphatic rings. The van der Waals surface area contributed by atoms with Gasteiger partial charge in [-0.05, 0) is 30.7 Å². The summed E-state index contributed by atoms with van der Waals surface area (Å²) in [6.45, 7) is 1.10. The maximum atomic E-state index is 13.0. The number of carboxylic acid groups (broad SMARTS) is 1. The van der Waals surface area contributed by atoms with E-state index in [0.29, 0.717) is 0 Å². The van der Waals surface area contributed by atoms with Gasteiger partial charge in [0.2, 0.25) is 0 Å². The van der Waals surface area contributed by atoms with Crippen molar-refractivity contribution in [3.8, 4) is 0 Å². The zero-order valence-electron chi connectivity index (χ0n) is 10.9. The molecule has 2 aromatic rings. The fourth-order valence-corrected chi connectivity index (χ4v) is 3.02. The van der Waals surface area contributed by atoms with E-state index in [-0.39, 0.29) is 22.7 Å². The minimum atomic E-state index is -3.89. The van der Waals surface area contributed by atoms with Gasteiger partial charge in [0.15, 0.2) is 0 Å². The molecule has 21 heavy (non-hydrogen) atoms. The van der Waals surface area contributed by atoms with Gasteiger partial charge in [-0.3, -0.25) is 14.2 Å². The normalized spacial score (nSPS) is 11.3. The van der Waals surface area contributed by atoms with Crippen molar-refractivity contribution in [1.29, 1.82) is 0 Å². The SMILES string of the molecule is Cc1cc(F)ccc1S(=O)(=O)Nc1cnn(CC(=O)O)c1. The van der Waals surface area contributed by atoms with Gasteiger partial charge in [0, 0.05) is 6.20 Å². The van der Waals surface area contributed by atoms with Gasteiger partial charge >= 0.3 is 5.97 Å². The Morgan fingerprint density at radius 3 is 2.81 bits per heavy atom. The number of carboxylic acids is 1. The van der Waals surface area contributed by atoms with E-state index in [0.717, 1.165) is 22.9 Å². The smallest absolute Gasteiger partial charge is 0.325 e. The minimum absolute atomic E-state index is 0.0603. The molecule has 0 saturated heterocycles. The first-order chi connectivity index (χ1) is 9.78. The Kier molecular flexibility index (Phi) is 3.94. The summed E-state index contributed by atoms with van der Waals surface area (Å²) in [6.07, 6.45) is 2.45. The number of carbonyl (C=O) groups is 1. The number of anilines is 1.